The van der Waals surface area contributed by atoms with Gasteiger partial charge in [-0.2, -0.15) is 0 Å². The van der Waals surface area contributed by atoms with Crippen molar-refractivity contribution < 1.29 is 17.9 Å². The summed E-state index contributed by atoms with van der Waals surface area (Å²) in [4.78, 5) is 4.13. The lowest BCUT2D eigenvalue weighted by Gasteiger charge is -2.14. The lowest BCUT2D eigenvalue weighted by molar-refractivity contribution is -0.274. The molecule has 0 aliphatic carbocycles. The Labute approximate surface area is 131 Å². The van der Waals surface area contributed by atoms with Crippen LogP contribution in [0.3, 0.4) is 0 Å². The van der Waals surface area contributed by atoms with Crippen molar-refractivity contribution in [3.63, 3.8) is 0 Å². The van der Waals surface area contributed by atoms with Gasteiger partial charge in [0.15, 0.2) is 11.7 Å². The number of rotatable bonds is 4. The highest BCUT2D eigenvalue weighted by Crippen LogP contribution is 2.29. The maximum Gasteiger partial charge on any atom is 0.573 e. The summed E-state index contributed by atoms with van der Waals surface area (Å²) in [5.41, 5.74) is 7.88. The first kappa shape index (κ1) is 16.7. The number of nitrogens with two attached hydrogens (primary N) is 1. The van der Waals surface area contributed by atoms with Crippen molar-refractivity contribution in [3.05, 3.63) is 59.7 Å². The van der Waals surface area contributed by atoms with Gasteiger partial charge in [0.25, 0.3) is 0 Å². The van der Waals surface area contributed by atoms with Crippen molar-refractivity contribution in [1.29, 1.82) is 0 Å². The number of guanidine groups is 1. The molecule has 2 aromatic carbocycles. The predicted octanol–water partition coefficient (Wildman–Crippen LogP) is 3.82. The first-order valence-corrected chi connectivity index (χ1v) is 6.81. The minimum atomic E-state index is -4.77. The zero-order chi connectivity index (χ0) is 16.9. The summed E-state index contributed by atoms with van der Waals surface area (Å²) in [5.74, 6) is -0.361. The van der Waals surface area contributed by atoms with Crippen LogP contribution in [-0.2, 0) is 6.54 Å². The smallest absolute Gasteiger partial charge is 0.404 e. The third-order valence-electron chi connectivity index (χ3n) is 3.06. The maximum absolute atomic E-state index is 12.4. The molecule has 7 heteroatoms. The van der Waals surface area contributed by atoms with Crippen LogP contribution in [0.4, 0.5) is 18.9 Å². The van der Waals surface area contributed by atoms with E-state index in [0.29, 0.717) is 6.54 Å². The lowest BCUT2D eigenvalue weighted by Crippen LogP contribution is -2.24. The molecule has 0 radical (unpaired) electrons. The Balaban J connectivity index is 2.10. The fraction of sp³-hybridized carbons (Fsp3) is 0.188. The Morgan fingerprint density at radius 3 is 2.48 bits per heavy atom. The van der Waals surface area contributed by atoms with Crippen molar-refractivity contribution in [2.75, 3.05) is 5.32 Å². The van der Waals surface area contributed by atoms with E-state index in [2.05, 4.69) is 15.0 Å². The molecule has 2 rings (SSSR count). The maximum atomic E-state index is 12.4. The van der Waals surface area contributed by atoms with Crippen molar-refractivity contribution in [2.24, 2.45) is 10.7 Å². The number of anilines is 1. The molecule has 122 valence electrons. The summed E-state index contributed by atoms with van der Waals surface area (Å²) in [7, 11) is 0. The van der Waals surface area contributed by atoms with Gasteiger partial charge in [0.2, 0.25) is 0 Å². The molecule has 0 fully saturated rings. The van der Waals surface area contributed by atoms with E-state index >= 15 is 0 Å². The third kappa shape index (κ3) is 5.21. The standard InChI is InChI=1S/C16H16F3N3O/c1-11-6-2-3-7-12(11)10-21-15(20)22-13-8-4-5-9-14(13)23-16(17,18)19/h2-9H,10H2,1H3,(H3,20,21,22). The van der Waals surface area contributed by atoms with Crippen molar-refractivity contribution in [1.82, 2.24) is 0 Å². The molecule has 23 heavy (non-hydrogen) atoms. The van der Waals surface area contributed by atoms with E-state index in [0.717, 1.165) is 11.1 Å². The molecule has 0 bridgehead atoms. The van der Waals surface area contributed by atoms with Gasteiger partial charge >= 0.3 is 6.36 Å². The number of hydrogen-bond acceptors (Lipinski definition) is 2. The van der Waals surface area contributed by atoms with Crippen LogP contribution in [0.25, 0.3) is 0 Å². The molecule has 0 heterocycles. The molecule has 4 nitrogen and oxygen atoms in total. The number of halogens is 3. The van der Waals surface area contributed by atoms with E-state index in [1.54, 1.807) is 6.07 Å². The van der Waals surface area contributed by atoms with Gasteiger partial charge in [0, 0.05) is 0 Å². The molecule has 0 aromatic heterocycles. The number of nitrogens with zero attached hydrogens (tertiary/aromatic N) is 1. The molecule has 0 spiro atoms. The Kier molecular flexibility index (Phi) is 5.10. The summed E-state index contributed by atoms with van der Waals surface area (Å²) in [6.45, 7) is 2.27. The van der Waals surface area contributed by atoms with Gasteiger partial charge in [0.1, 0.15) is 0 Å². The average Bonchev–Trinajstić information content (AvgIpc) is 2.47. The van der Waals surface area contributed by atoms with E-state index in [-0.39, 0.29) is 17.4 Å². The monoisotopic (exact) mass is 323 g/mol. The van der Waals surface area contributed by atoms with Crippen LogP contribution in [0.1, 0.15) is 11.1 Å². The molecule has 0 atom stereocenters. The zero-order valence-electron chi connectivity index (χ0n) is 12.4. The van der Waals surface area contributed by atoms with Crippen molar-refractivity contribution in [2.45, 2.75) is 19.8 Å². The molecule has 0 aliphatic rings. The molecule has 0 saturated carbocycles. The molecule has 0 saturated heterocycles. The number of nitrogens with one attached hydrogen (secondary N) is 1. The van der Waals surface area contributed by atoms with Gasteiger partial charge in [-0.15, -0.1) is 13.2 Å². The Morgan fingerprint density at radius 2 is 1.78 bits per heavy atom. The minimum Gasteiger partial charge on any atom is -0.404 e. The third-order valence-corrected chi connectivity index (χ3v) is 3.06. The normalized spacial score (nSPS) is 12.1. The number of aliphatic imine (C=N–C) groups is 1. The van der Waals surface area contributed by atoms with Gasteiger partial charge in [-0.25, -0.2) is 4.99 Å². The van der Waals surface area contributed by atoms with Crippen LogP contribution >= 0.6 is 0 Å². The Morgan fingerprint density at radius 1 is 1.13 bits per heavy atom. The second-order valence-corrected chi connectivity index (χ2v) is 4.80. The van der Waals surface area contributed by atoms with Crippen LogP contribution in [-0.4, -0.2) is 12.3 Å². The number of hydrogen-bond donors (Lipinski definition) is 2. The first-order chi connectivity index (χ1) is 10.8. The fourth-order valence-corrected chi connectivity index (χ4v) is 1.92. The van der Waals surface area contributed by atoms with E-state index in [4.69, 9.17) is 5.73 Å². The van der Waals surface area contributed by atoms with Crippen molar-refractivity contribution >= 4 is 11.6 Å². The van der Waals surface area contributed by atoms with Crippen LogP contribution in [0.5, 0.6) is 5.75 Å². The summed E-state index contributed by atoms with van der Waals surface area (Å²) < 4.78 is 41.0. The van der Waals surface area contributed by atoms with Gasteiger partial charge in [-0.3, -0.25) is 0 Å². The molecule has 2 aromatic rings. The number of alkyl halides is 3. The van der Waals surface area contributed by atoms with Crippen LogP contribution < -0.4 is 15.8 Å². The van der Waals surface area contributed by atoms with Crippen LogP contribution in [0.2, 0.25) is 0 Å². The number of aryl methyl sites for hydroxylation is 1. The Hall–Kier alpha value is -2.70. The SMILES string of the molecule is Cc1ccccc1CN=C(N)Nc1ccccc1OC(F)(F)F. The molecule has 0 aliphatic heterocycles. The Bertz CT molecular complexity index is 699. The molecular weight excluding hydrogens is 307 g/mol. The molecule has 0 amide bonds. The highest BCUT2D eigenvalue weighted by atomic mass is 19.4. The first-order valence-electron chi connectivity index (χ1n) is 6.81. The second-order valence-electron chi connectivity index (χ2n) is 4.80. The van der Waals surface area contributed by atoms with E-state index in [1.807, 2.05) is 31.2 Å². The second kappa shape index (κ2) is 7.04. The lowest BCUT2D eigenvalue weighted by atomic mass is 10.1. The molecule has 3 N–H and O–H groups in total. The average molecular weight is 323 g/mol. The molecule has 0 unspecified atom stereocenters. The summed E-state index contributed by atoms with van der Waals surface area (Å²) in [6, 6.07) is 13.3. The van der Waals surface area contributed by atoms with Crippen molar-refractivity contribution in [3.8, 4) is 5.75 Å². The predicted molar refractivity (Wildman–Crippen MR) is 83.3 cm³/mol. The van der Waals surface area contributed by atoms with E-state index in [1.165, 1.54) is 18.2 Å². The topological polar surface area (TPSA) is 59.6 Å². The fourth-order valence-electron chi connectivity index (χ4n) is 1.92. The number of ether oxygens (including phenoxy) is 1. The summed E-state index contributed by atoms with van der Waals surface area (Å²) in [6.07, 6.45) is -4.77. The quantitative estimate of drug-likeness (QED) is 0.664. The van der Waals surface area contributed by atoms with Crippen LogP contribution in [0.15, 0.2) is 53.5 Å². The van der Waals surface area contributed by atoms with Gasteiger partial charge < -0.3 is 15.8 Å². The minimum absolute atomic E-state index is 0.00600. The highest BCUT2D eigenvalue weighted by molar-refractivity contribution is 5.93. The summed E-state index contributed by atoms with van der Waals surface area (Å²) >= 11 is 0. The zero-order valence-corrected chi connectivity index (χ0v) is 12.4. The van der Waals surface area contributed by atoms with Gasteiger partial charge in [0.05, 0.1) is 12.2 Å². The van der Waals surface area contributed by atoms with E-state index < -0.39 is 6.36 Å². The largest absolute Gasteiger partial charge is 0.573 e. The highest BCUT2D eigenvalue weighted by Gasteiger charge is 2.32. The van der Waals surface area contributed by atoms with E-state index in [9.17, 15) is 13.2 Å². The summed E-state index contributed by atoms with van der Waals surface area (Å²) in [5, 5.41) is 2.63. The van der Waals surface area contributed by atoms with Gasteiger partial charge in [-0.1, -0.05) is 36.4 Å². The number of para-hydroxylation sites is 2. The molecular formula is C16H16F3N3O. The van der Waals surface area contributed by atoms with Gasteiger partial charge in [-0.05, 0) is 30.2 Å². The van der Waals surface area contributed by atoms with Crippen LogP contribution in [0, 0.1) is 6.92 Å². The number of benzene rings is 2.